The van der Waals surface area contributed by atoms with Crippen molar-refractivity contribution in [3.8, 4) is 145 Å². The van der Waals surface area contributed by atoms with Gasteiger partial charge in [0.05, 0.1) is 11.9 Å². The van der Waals surface area contributed by atoms with Crippen LogP contribution in [0.2, 0.25) is 0 Å². The number of hydrogen-bond donors (Lipinski definition) is 0. The summed E-state index contributed by atoms with van der Waals surface area (Å²) in [7, 11) is 0. The highest BCUT2D eigenvalue weighted by Gasteiger charge is 2.30. The molecule has 4 aliphatic rings. The van der Waals surface area contributed by atoms with Gasteiger partial charge in [0.15, 0.2) is 0 Å². The van der Waals surface area contributed by atoms with Gasteiger partial charge in [0.25, 0.3) is 0 Å². The number of pyridine rings is 2. The topological polar surface area (TPSA) is 32.3 Å². The molecule has 4 aliphatic carbocycles. The van der Waals surface area contributed by atoms with Gasteiger partial charge in [-0.25, -0.2) is 4.98 Å². The van der Waals surface area contributed by atoms with Crippen LogP contribution in [-0.4, -0.2) is 9.97 Å². The Balaban J connectivity index is 0.649. The van der Waals surface area contributed by atoms with E-state index in [4.69, 9.17) is 4.98 Å². The molecule has 16 aromatic carbocycles. The van der Waals surface area contributed by atoms with Crippen molar-refractivity contribution in [2.24, 2.45) is 0 Å². The first kappa shape index (κ1) is 56.5. The number of hydrogen-bond acceptors (Lipinski definition) is 4. The van der Waals surface area contributed by atoms with Gasteiger partial charge in [0, 0.05) is 35.1 Å². The minimum absolute atomic E-state index is 0.853. The van der Waals surface area contributed by atoms with Gasteiger partial charge in [-0.3, -0.25) is 9.88 Å². The van der Waals surface area contributed by atoms with E-state index >= 15 is 0 Å². The standard InChI is InChI=1S/C98H58N4/c1-3-20-69(21-4-1)101(71-24-15-46-99-58-71)72-50-65(61-34-38-76-80-25-9-16-59-18-11-27-86(95(59)80)90(76)54-61)48-66(51-72)63-36-40-78-84-31-13-29-82-74(42-44-88(97(82)84)92(78)56-63)75-43-45-89-93-57-64(37-41-79(93)85-32-14-30-83(75)98(85)89)68-49-67(52-73(53-68)102(70-22-5-2-6-23-70)94-33-7-8-47-100-94)62-35-39-77-81-26-10-17-60-19-12-28-87(96(60)81)91(77)55-62/h1-58H. The van der Waals surface area contributed by atoms with Gasteiger partial charge >= 0.3 is 0 Å². The van der Waals surface area contributed by atoms with Crippen LogP contribution in [0.3, 0.4) is 0 Å². The Hall–Kier alpha value is -13.5. The minimum Gasteiger partial charge on any atom is -0.309 e. The van der Waals surface area contributed by atoms with Gasteiger partial charge < -0.3 is 4.90 Å². The molecule has 102 heavy (non-hydrogen) atoms. The van der Waals surface area contributed by atoms with Crippen molar-refractivity contribution in [3.63, 3.8) is 0 Å². The Morgan fingerprint density at radius 1 is 0.186 bits per heavy atom. The Kier molecular flexibility index (Phi) is 12.2. The third kappa shape index (κ3) is 8.51. The monoisotopic (exact) mass is 1290 g/mol. The summed E-state index contributed by atoms with van der Waals surface area (Å²) in [4.78, 5) is 14.2. The van der Waals surface area contributed by atoms with Crippen molar-refractivity contribution >= 4 is 77.3 Å². The van der Waals surface area contributed by atoms with Crippen molar-refractivity contribution in [2.45, 2.75) is 0 Å². The molecule has 2 heterocycles. The Morgan fingerprint density at radius 3 is 0.951 bits per heavy atom. The zero-order valence-electron chi connectivity index (χ0n) is 55.3. The third-order valence-corrected chi connectivity index (χ3v) is 22.1. The first-order chi connectivity index (χ1) is 50.6. The SMILES string of the molecule is c1ccc(N(c2cccnc2)c2cc(-c3ccc4c(c3)-c3cccc5cccc-4c35)cc(-c3ccc4c(c3)-c3ccc(-c5ccc6c7c(cccc57)-c5ccc(-c7cc(-c8ccc9c(c8)-c8cccc%10cccc-9c8%10)cc(N(c8ccccc8)c8ccccn8)c7)cc5-6)c5cccc-4c35)c2)cc1. The lowest BCUT2D eigenvalue weighted by molar-refractivity contribution is 1.18. The molecule has 4 heteroatoms. The first-order valence-electron chi connectivity index (χ1n) is 35.1. The fourth-order valence-corrected chi connectivity index (χ4v) is 17.6. The molecule has 0 unspecified atom stereocenters. The second-order valence-electron chi connectivity index (χ2n) is 27.5. The molecule has 0 saturated carbocycles. The molecule has 22 rings (SSSR count). The molecule has 2 aromatic heterocycles. The molecule has 0 radical (unpaired) electrons. The van der Waals surface area contributed by atoms with E-state index in [1.54, 1.807) is 0 Å². The Morgan fingerprint density at radius 2 is 0.539 bits per heavy atom. The van der Waals surface area contributed by atoms with Crippen molar-refractivity contribution < 1.29 is 0 Å². The fourth-order valence-electron chi connectivity index (χ4n) is 17.6. The van der Waals surface area contributed by atoms with Gasteiger partial charge in [-0.05, 0) is 297 Å². The van der Waals surface area contributed by atoms with E-state index in [9.17, 15) is 0 Å². The second-order valence-corrected chi connectivity index (χ2v) is 27.5. The van der Waals surface area contributed by atoms with Gasteiger partial charge in [0.1, 0.15) is 5.82 Å². The molecule has 4 nitrogen and oxygen atoms in total. The summed E-state index contributed by atoms with van der Waals surface area (Å²) in [5.74, 6) is 0.853. The lowest BCUT2D eigenvalue weighted by atomic mass is 9.89. The zero-order valence-corrected chi connectivity index (χ0v) is 55.3. The summed E-state index contributed by atoms with van der Waals surface area (Å²) in [5.41, 5.74) is 37.2. The summed E-state index contributed by atoms with van der Waals surface area (Å²) in [5, 5.41) is 10.3. The van der Waals surface area contributed by atoms with Crippen molar-refractivity contribution in [1.82, 2.24) is 9.97 Å². The van der Waals surface area contributed by atoms with Crippen LogP contribution < -0.4 is 9.80 Å². The summed E-state index contributed by atoms with van der Waals surface area (Å²) in [6.45, 7) is 0. The zero-order chi connectivity index (χ0) is 66.7. The summed E-state index contributed by atoms with van der Waals surface area (Å²) in [6.07, 6.45) is 5.69. The van der Waals surface area contributed by atoms with Crippen LogP contribution in [0.25, 0.3) is 188 Å². The van der Waals surface area contributed by atoms with E-state index in [1.807, 2.05) is 30.7 Å². The molecule has 0 bridgehead atoms. The van der Waals surface area contributed by atoms with Crippen LogP contribution in [0, 0.1) is 0 Å². The highest BCUT2D eigenvalue weighted by molar-refractivity contribution is 6.24. The second kappa shape index (κ2) is 22.0. The summed E-state index contributed by atoms with van der Waals surface area (Å²) >= 11 is 0. The van der Waals surface area contributed by atoms with Crippen LogP contribution in [0.15, 0.2) is 352 Å². The Labute approximate surface area is 590 Å². The van der Waals surface area contributed by atoms with Crippen molar-refractivity contribution in [3.05, 3.63) is 352 Å². The number of anilines is 6. The van der Waals surface area contributed by atoms with Gasteiger partial charge in [0.2, 0.25) is 0 Å². The van der Waals surface area contributed by atoms with Crippen LogP contribution in [0.4, 0.5) is 34.3 Å². The Bertz CT molecular complexity index is 6120. The van der Waals surface area contributed by atoms with E-state index < -0.39 is 0 Å². The third-order valence-electron chi connectivity index (χ3n) is 22.1. The summed E-state index contributed by atoms with van der Waals surface area (Å²) in [6, 6.07) is 124. The smallest absolute Gasteiger partial charge is 0.137 e. The molecule has 0 N–H and O–H groups in total. The molecule has 0 fully saturated rings. The highest BCUT2D eigenvalue weighted by Crippen LogP contribution is 2.57. The molecule has 470 valence electrons. The quantitative estimate of drug-likeness (QED) is 0.129. The number of para-hydroxylation sites is 2. The largest absolute Gasteiger partial charge is 0.309 e. The fraction of sp³-hybridized carbons (Fsp3) is 0. The van der Waals surface area contributed by atoms with E-state index in [1.165, 1.54) is 154 Å². The normalized spacial score (nSPS) is 12.1. The number of aromatic nitrogens is 2. The van der Waals surface area contributed by atoms with Crippen LogP contribution in [-0.2, 0) is 0 Å². The van der Waals surface area contributed by atoms with E-state index in [2.05, 4.69) is 336 Å². The van der Waals surface area contributed by atoms with Gasteiger partial charge in [-0.15, -0.1) is 0 Å². The number of benzene rings is 16. The average molecular weight is 1290 g/mol. The molecule has 0 spiro atoms. The van der Waals surface area contributed by atoms with Gasteiger partial charge in [-0.1, -0.05) is 224 Å². The molecule has 0 saturated heterocycles. The van der Waals surface area contributed by atoms with Crippen LogP contribution in [0.1, 0.15) is 0 Å². The number of nitrogens with zero attached hydrogens (tertiary/aromatic N) is 4. The van der Waals surface area contributed by atoms with E-state index in [0.717, 1.165) is 67.6 Å². The lowest BCUT2D eigenvalue weighted by Gasteiger charge is -2.26. The van der Waals surface area contributed by atoms with Crippen molar-refractivity contribution in [2.75, 3.05) is 9.80 Å². The molecule has 18 aromatic rings. The predicted octanol–water partition coefficient (Wildman–Crippen LogP) is 27.0. The maximum atomic E-state index is 4.97. The molecular weight excluding hydrogens is 1230 g/mol. The maximum absolute atomic E-state index is 4.97. The molecular formula is C98H58N4. The van der Waals surface area contributed by atoms with Gasteiger partial charge in [-0.2, -0.15) is 0 Å². The number of fused-ring (bicyclic) bond motifs is 12. The first-order valence-corrected chi connectivity index (χ1v) is 35.1. The van der Waals surface area contributed by atoms with E-state index in [-0.39, 0.29) is 0 Å². The molecule has 0 atom stereocenters. The summed E-state index contributed by atoms with van der Waals surface area (Å²) < 4.78 is 0. The van der Waals surface area contributed by atoms with Crippen LogP contribution in [0.5, 0.6) is 0 Å². The van der Waals surface area contributed by atoms with E-state index in [0.29, 0.717) is 0 Å². The highest BCUT2D eigenvalue weighted by atomic mass is 15.2. The lowest BCUT2D eigenvalue weighted by Crippen LogP contribution is -2.11. The predicted molar refractivity (Wildman–Crippen MR) is 426 cm³/mol. The van der Waals surface area contributed by atoms with Crippen LogP contribution >= 0.6 is 0 Å². The van der Waals surface area contributed by atoms with Crippen molar-refractivity contribution in [1.29, 1.82) is 0 Å². The average Bonchev–Trinajstić information content (AvgIpc) is 1.52. The maximum Gasteiger partial charge on any atom is 0.137 e. The molecule has 0 amide bonds. The molecule has 0 aliphatic heterocycles. The number of rotatable bonds is 11. The minimum atomic E-state index is 0.853.